The maximum absolute atomic E-state index is 13.6. The molecular formula is C19H26FN5. The van der Waals surface area contributed by atoms with E-state index in [1.54, 1.807) is 16.8 Å². The van der Waals surface area contributed by atoms with Crippen LogP contribution in [0.3, 0.4) is 0 Å². The molecular weight excluding hydrogens is 317 g/mol. The van der Waals surface area contributed by atoms with Crippen molar-refractivity contribution in [2.24, 2.45) is 12.0 Å². The van der Waals surface area contributed by atoms with E-state index in [-0.39, 0.29) is 11.2 Å². The van der Waals surface area contributed by atoms with Crippen molar-refractivity contribution in [3.8, 4) is 0 Å². The van der Waals surface area contributed by atoms with Crippen LogP contribution in [0.5, 0.6) is 0 Å². The van der Waals surface area contributed by atoms with Crippen LogP contribution in [0.4, 0.5) is 4.39 Å². The van der Waals surface area contributed by atoms with Gasteiger partial charge in [-0.05, 0) is 37.5 Å². The highest BCUT2D eigenvalue weighted by molar-refractivity contribution is 5.79. The zero-order chi connectivity index (χ0) is 17.9. The third kappa shape index (κ3) is 4.18. The van der Waals surface area contributed by atoms with Crippen molar-refractivity contribution < 1.29 is 4.39 Å². The fourth-order valence-corrected chi connectivity index (χ4v) is 3.11. The van der Waals surface area contributed by atoms with Crippen LogP contribution in [0.1, 0.15) is 30.9 Å². The minimum Gasteiger partial charge on any atom is -0.357 e. The highest BCUT2D eigenvalue weighted by Crippen LogP contribution is 2.48. The second-order valence-electron chi connectivity index (χ2n) is 6.84. The third-order valence-electron chi connectivity index (χ3n) is 4.70. The van der Waals surface area contributed by atoms with Crippen molar-refractivity contribution in [2.45, 2.75) is 31.7 Å². The molecule has 0 amide bonds. The molecule has 6 heteroatoms. The van der Waals surface area contributed by atoms with Crippen LogP contribution >= 0.6 is 0 Å². The van der Waals surface area contributed by atoms with E-state index in [9.17, 15) is 4.39 Å². The average molecular weight is 343 g/mol. The van der Waals surface area contributed by atoms with Gasteiger partial charge in [0, 0.05) is 44.4 Å². The van der Waals surface area contributed by atoms with E-state index < -0.39 is 0 Å². The number of aromatic nitrogens is 2. The van der Waals surface area contributed by atoms with Gasteiger partial charge in [0.05, 0.1) is 12.7 Å². The molecule has 1 aromatic carbocycles. The zero-order valence-electron chi connectivity index (χ0n) is 15.2. The van der Waals surface area contributed by atoms with Gasteiger partial charge in [0.15, 0.2) is 5.96 Å². The van der Waals surface area contributed by atoms with Gasteiger partial charge in [-0.15, -0.1) is 0 Å². The van der Waals surface area contributed by atoms with Gasteiger partial charge in [0.25, 0.3) is 0 Å². The highest BCUT2D eigenvalue weighted by atomic mass is 19.1. The number of benzene rings is 1. The minimum atomic E-state index is -0.173. The minimum absolute atomic E-state index is 0.00207. The maximum atomic E-state index is 13.6. The molecule has 1 fully saturated rings. The SMILES string of the molecule is CCNC(=NCC1(c2cccc(F)c2)CC1)N(C)Cc1cnn(C)c1. The Morgan fingerprint density at radius 1 is 1.44 bits per heavy atom. The van der Waals surface area contributed by atoms with E-state index in [0.29, 0.717) is 6.54 Å². The van der Waals surface area contributed by atoms with Crippen molar-refractivity contribution in [1.82, 2.24) is 20.0 Å². The molecule has 0 radical (unpaired) electrons. The molecule has 5 nitrogen and oxygen atoms in total. The summed E-state index contributed by atoms with van der Waals surface area (Å²) in [6.07, 6.45) is 6.00. The molecule has 1 aliphatic carbocycles. The lowest BCUT2D eigenvalue weighted by Crippen LogP contribution is -2.39. The summed E-state index contributed by atoms with van der Waals surface area (Å²) >= 11 is 0. The van der Waals surface area contributed by atoms with Gasteiger partial charge in [-0.25, -0.2) is 4.39 Å². The number of rotatable bonds is 6. The first-order chi connectivity index (χ1) is 12.0. The molecule has 25 heavy (non-hydrogen) atoms. The molecule has 3 rings (SSSR count). The second kappa shape index (κ2) is 7.25. The van der Waals surface area contributed by atoms with Gasteiger partial charge in [-0.1, -0.05) is 12.1 Å². The number of hydrogen-bond donors (Lipinski definition) is 1. The fourth-order valence-electron chi connectivity index (χ4n) is 3.11. The van der Waals surface area contributed by atoms with Crippen molar-refractivity contribution in [3.05, 3.63) is 53.6 Å². The Bertz CT molecular complexity index is 748. The number of nitrogens with zero attached hydrogens (tertiary/aromatic N) is 4. The molecule has 0 atom stereocenters. The summed E-state index contributed by atoms with van der Waals surface area (Å²) in [6, 6.07) is 6.94. The van der Waals surface area contributed by atoms with Gasteiger partial charge in [0.1, 0.15) is 5.82 Å². The molecule has 1 N–H and O–H groups in total. The second-order valence-corrected chi connectivity index (χ2v) is 6.84. The van der Waals surface area contributed by atoms with E-state index in [4.69, 9.17) is 4.99 Å². The molecule has 0 bridgehead atoms. The number of guanidine groups is 1. The van der Waals surface area contributed by atoms with Crippen LogP contribution in [0.25, 0.3) is 0 Å². The first-order valence-electron chi connectivity index (χ1n) is 8.75. The van der Waals surface area contributed by atoms with Crippen LogP contribution < -0.4 is 5.32 Å². The Labute approximate surface area is 148 Å². The number of hydrogen-bond acceptors (Lipinski definition) is 2. The summed E-state index contributed by atoms with van der Waals surface area (Å²) < 4.78 is 15.4. The van der Waals surface area contributed by atoms with E-state index in [0.717, 1.165) is 43.0 Å². The standard InChI is InChI=1S/C19H26FN5/c1-4-21-18(24(2)12-15-11-23-25(3)13-15)22-14-19(8-9-19)16-6-5-7-17(20)10-16/h5-7,10-11,13H,4,8-9,12,14H2,1-3H3,(H,21,22). The Morgan fingerprint density at radius 3 is 2.84 bits per heavy atom. The van der Waals surface area contributed by atoms with Gasteiger partial charge < -0.3 is 10.2 Å². The quantitative estimate of drug-likeness (QED) is 0.648. The van der Waals surface area contributed by atoms with Crippen LogP contribution in [-0.4, -0.2) is 40.8 Å². The normalized spacial score (nSPS) is 15.9. The Balaban J connectivity index is 1.71. The predicted molar refractivity (Wildman–Crippen MR) is 98.0 cm³/mol. The molecule has 0 unspecified atom stereocenters. The van der Waals surface area contributed by atoms with Crippen LogP contribution in [-0.2, 0) is 19.0 Å². The fraction of sp³-hybridized carbons (Fsp3) is 0.474. The summed E-state index contributed by atoms with van der Waals surface area (Å²) in [4.78, 5) is 6.94. The summed E-state index contributed by atoms with van der Waals surface area (Å²) in [6.45, 7) is 4.29. The third-order valence-corrected chi connectivity index (χ3v) is 4.70. The van der Waals surface area contributed by atoms with Crippen LogP contribution in [0.2, 0.25) is 0 Å². The van der Waals surface area contributed by atoms with E-state index in [1.165, 1.54) is 6.07 Å². The van der Waals surface area contributed by atoms with E-state index in [1.807, 2.05) is 32.6 Å². The molecule has 2 aromatic rings. The lowest BCUT2D eigenvalue weighted by atomic mass is 9.96. The molecule has 1 aliphatic rings. The summed E-state index contributed by atoms with van der Waals surface area (Å²) in [5.74, 6) is 0.697. The molecule has 1 heterocycles. The van der Waals surface area contributed by atoms with Crippen molar-refractivity contribution in [3.63, 3.8) is 0 Å². The summed E-state index contributed by atoms with van der Waals surface area (Å²) in [5, 5.41) is 7.56. The van der Waals surface area contributed by atoms with Gasteiger partial charge >= 0.3 is 0 Å². The zero-order valence-corrected chi connectivity index (χ0v) is 15.2. The maximum Gasteiger partial charge on any atom is 0.193 e. The monoisotopic (exact) mass is 343 g/mol. The number of aryl methyl sites for hydroxylation is 1. The average Bonchev–Trinajstić information content (AvgIpc) is 3.27. The summed E-state index contributed by atoms with van der Waals surface area (Å²) in [5.41, 5.74) is 2.20. The smallest absolute Gasteiger partial charge is 0.193 e. The van der Waals surface area contributed by atoms with Gasteiger partial charge in [-0.2, -0.15) is 5.10 Å². The van der Waals surface area contributed by atoms with Gasteiger partial charge in [-0.3, -0.25) is 9.67 Å². The van der Waals surface area contributed by atoms with Crippen molar-refractivity contribution in [2.75, 3.05) is 20.1 Å². The molecule has 0 spiro atoms. The lowest BCUT2D eigenvalue weighted by molar-refractivity contribution is 0.474. The number of halogens is 1. The molecule has 0 aliphatic heterocycles. The predicted octanol–water partition coefficient (Wildman–Crippen LogP) is 2.69. The Hall–Kier alpha value is -2.37. The largest absolute Gasteiger partial charge is 0.357 e. The van der Waals surface area contributed by atoms with Gasteiger partial charge in [0.2, 0.25) is 0 Å². The first-order valence-corrected chi connectivity index (χ1v) is 8.75. The summed E-state index contributed by atoms with van der Waals surface area (Å²) in [7, 11) is 3.94. The Kier molecular flexibility index (Phi) is 5.06. The topological polar surface area (TPSA) is 45.5 Å². The lowest BCUT2D eigenvalue weighted by Gasteiger charge is -2.23. The number of aliphatic imine (C=N–C) groups is 1. The molecule has 1 saturated carbocycles. The Morgan fingerprint density at radius 2 is 2.24 bits per heavy atom. The first kappa shape index (κ1) is 17.5. The van der Waals surface area contributed by atoms with Crippen molar-refractivity contribution >= 4 is 5.96 Å². The van der Waals surface area contributed by atoms with E-state index >= 15 is 0 Å². The van der Waals surface area contributed by atoms with Crippen molar-refractivity contribution in [1.29, 1.82) is 0 Å². The van der Waals surface area contributed by atoms with E-state index in [2.05, 4.69) is 22.2 Å². The van der Waals surface area contributed by atoms with Crippen LogP contribution in [0.15, 0.2) is 41.7 Å². The molecule has 1 aromatic heterocycles. The number of nitrogens with one attached hydrogen (secondary N) is 1. The highest BCUT2D eigenvalue weighted by Gasteiger charge is 2.44. The molecule has 134 valence electrons. The van der Waals surface area contributed by atoms with Crippen LogP contribution in [0, 0.1) is 5.82 Å². The molecule has 0 saturated heterocycles.